The highest BCUT2D eigenvalue weighted by Crippen LogP contribution is 2.19. The smallest absolute Gasteiger partial charge is 0.145 e. The second-order valence-corrected chi connectivity index (χ2v) is 2.94. The zero-order chi connectivity index (χ0) is 9.68. The molecule has 0 radical (unpaired) electrons. The third-order valence-corrected chi connectivity index (χ3v) is 1.82. The van der Waals surface area contributed by atoms with E-state index >= 15 is 0 Å². The summed E-state index contributed by atoms with van der Waals surface area (Å²) in [6, 6.07) is 4.39. The van der Waals surface area contributed by atoms with Crippen LogP contribution >= 0.6 is 11.6 Å². The summed E-state index contributed by atoms with van der Waals surface area (Å²) in [5.41, 5.74) is 0. The van der Waals surface area contributed by atoms with Crippen LogP contribution in [0, 0.1) is 5.82 Å². The quantitative estimate of drug-likeness (QED) is 0.757. The molecule has 0 aliphatic heterocycles. The van der Waals surface area contributed by atoms with Gasteiger partial charge in [-0.3, -0.25) is 0 Å². The molecule has 1 aromatic rings. The molecule has 0 saturated heterocycles. The molecule has 0 unspecified atom stereocenters. The van der Waals surface area contributed by atoms with Crippen molar-refractivity contribution in [3.63, 3.8) is 0 Å². The average molecular weight is 204 g/mol. The topological polar surface area (TPSA) is 21.3 Å². The van der Waals surface area contributed by atoms with Crippen LogP contribution in [-0.2, 0) is 0 Å². The summed E-state index contributed by atoms with van der Waals surface area (Å²) in [7, 11) is 1.83. The van der Waals surface area contributed by atoms with Crippen molar-refractivity contribution in [2.24, 2.45) is 0 Å². The second kappa shape index (κ2) is 5.04. The van der Waals surface area contributed by atoms with Crippen LogP contribution in [0.4, 0.5) is 4.39 Å². The molecule has 0 bridgehead atoms. The van der Waals surface area contributed by atoms with Gasteiger partial charge in [0.15, 0.2) is 0 Å². The monoisotopic (exact) mass is 203 g/mol. The maximum atomic E-state index is 12.9. The van der Waals surface area contributed by atoms with E-state index in [9.17, 15) is 4.39 Å². The Bertz CT molecular complexity index is 280. The molecule has 0 fully saturated rings. The number of likely N-dealkylation sites (N-methyl/N-ethyl adjacent to an activating group) is 1. The van der Waals surface area contributed by atoms with Gasteiger partial charge in [-0.1, -0.05) is 11.6 Å². The molecular formula is C9H11ClFNO. The third kappa shape index (κ3) is 3.20. The predicted octanol–water partition coefficient (Wildman–Crippen LogP) is 2.08. The van der Waals surface area contributed by atoms with Crippen molar-refractivity contribution >= 4 is 11.6 Å². The molecule has 1 rings (SSSR count). The lowest BCUT2D eigenvalue weighted by Crippen LogP contribution is -2.15. The van der Waals surface area contributed by atoms with Crippen molar-refractivity contribution in [1.82, 2.24) is 5.32 Å². The van der Waals surface area contributed by atoms with E-state index in [2.05, 4.69) is 5.32 Å². The van der Waals surface area contributed by atoms with Crippen LogP contribution < -0.4 is 10.1 Å². The molecule has 4 heteroatoms. The van der Waals surface area contributed by atoms with E-state index in [4.69, 9.17) is 16.3 Å². The number of ether oxygens (including phenoxy) is 1. The van der Waals surface area contributed by atoms with E-state index in [0.717, 1.165) is 6.54 Å². The van der Waals surface area contributed by atoms with E-state index in [1.807, 2.05) is 7.05 Å². The summed E-state index contributed by atoms with van der Waals surface area (Å²) in [4.78, 5) is 0. The van der Waals surface area contributed by atoms with E-state index in [1.54, 1.807) is 6.07 Å². The maximum absolute atomic E-state index is 12.9. The number of halogens is 2. The first kappa shape index (κ1) is 10.3. The number of hydrogen-bond acceptors (Lipinski definition) is 2. The predicted molar refractivity (Wildman–Crippen MR) is 50.8 cm³/mol. The largest absolute Gasteiger partial charge is 0.492 e. The molecule has 72 valence electrons. The molecule has 13 heavy (non-hydrogen) atoms. The minimum atomic E-state index is -0.455. The zero-order valence-corrected chi connectivity index (χ0v) is 8.07. The molecule has 0 spiro atoms. The Morgan fingerprint density at radius 2 is 2.31 bits per heavy atom. The van der Waals surface area contributed by atoms with Gasteiger partial charge in [0.25, 0.3) is 0 Å². The van der Waals surface area contributed by atoms with Crippen LogP contribution in [0.25, 0.3) is 0 Å². The van der Waals surface area contributed by atoms with Gasteiger partial charge in [-0.25, -0.2) is 4.39 Å². The second-order valence-electron chi connectivity index (χ2n) is 2.53. The Balaban J connectivity index is 2.53. The lowest BCUT2D eigenvalue weighted by Gasteiger charge is -2.05. The fraction of sp³-hybridized carbons (Fsp3) is 0.333. The summed E-state index contributed by atoms with van der Waals surface area (Å²) in [6.07, 6.45) is 0. The first-order valence-corrected chi connectivity index (χ1v) is 4.34. The van der Waals surface area contributed by atoms with Gasteiger partial charge >= 0.3 is 0 Å². The molecule has 0 aromatic heterocycles. The molecule has 0 atom stereocenters. The van der Waals surface area contributed by atoms with E-state index in [1.165, 1.54) is 12.1 Å². The van der Waals surface area contributed by atoms with E-state index in [0.29, 0.717) is 12.4 Å². The van der Waals surface area contributed by atoms with Gasteiger partial charge in [-0.15, -0.1) is 0 Å². The van der Waals surface area contributed by atoms with Crippen LogP contribution in [0.2, 0.25) is 5.02 Å². The van der Waals surface area contributed by atoms with E-state index in [-0.39, 0.29) is 5.02 Å². The SMILES string of the molecule is CNCCOc1ccc(Cl)c(F)c1. The van der Waals surface area contributed by atoms with Gasteiger partial charge in [0.1, 0.15) is 18.2 Å². The van der Waals surface area contributed by atoms with Crippen molar-refractivity contribution in [3.05, 3.63) is 29.0 Å². The minimum Gasteiger partial charge on any atom is -0.492 e. The van der Waals surface area contributed by atoms with Gasteiger partial charge in [0.05, 0.1) is 5.02 Å². The summed E-state index contributed by atoms with van der Waals surface area (Å²) in [5, 5.41) is 3.03. The number of nitrogens with one attached hydrogen (secondary N) is 1. The summed E-state index contributed by atoms with van der Waals surface area (Å²) in [5.74, 6) is 0.0424. The van der Waals surface area contributed by atoms with Crippen molar-refractivity contribution in [2.75, 3.05) is 20.2 Å². The van der Waals surface area contributed by atoms with Crippen molar-refractivity contribution in [1.29, 1.82) is 0 Å². The van der Waals surface area contributed by atoms with Crippen LogP contribution in [0.5, 0.6) is 5.75 Å². The van der Waals surface area contributed by atoms with Crippen LogP contribution in [0.15, 0.2) is 18.2 Å². The third-order valence-electron chi connectivity index (χ3n) is 1.51. The maximum Gasteiger partial charge on any atom is 0.145 e. The fourth-order valence-corrected chi connectivity index (χ4v) is 0.955. The highest BCUT2D eigenvalue weighted by atomic mass is 35.5. The van der Waals surface area contributed by atoms with Crippen LogP contribution in [-0.4, -0.2) is 20.2 Å². The molecule has 2 nitrogen and oxygen atoms in total. The van der Waals surface area contributed by atoms with Crippen molar-refractivity contribution < 1.29 is 9.13 Å². The zero-order valence-electron chi connectivity index (χ0n) is 7.31. The van der Waals surface area contributed by atoms with Gasteiger partial charge in [0, 0.05) is 12.6 Å². The molecular weight excluding hydrogens is 193 g/mol. The molecule has 0 aliphatic carbocycles. The summed E-state index contributed by atoms with van der Waals surface area (Å²) >= 11 is 5.50. The molecule has 1 aromatic carbocycles. The number of rotatable bonds is 4. The Labute approximate surface area is 81.7 Å². The summed E-state index contributed by atoms with van der Waals surface area (Å²) in [6.45, 7) is 1.24. The number of benzene rings is 1. The molecule has 0 aliphatic rings. The van der Waals surface area contributed by atoms with E-state index < -0.39 is 5.82 Å². The Hall–Kier alpha value is -0.800. The first-order valence-electron chi connectivity index (χ1n) is 3.96. The Morgan fingerprint density at radius 3 is 2.92 bits per heavy atom. The van der Waals surface area contributed by atoms with Crippen molar-refractivity contribution in [2.45, 2.75) is 0 Å². The van der Waals surface area contributed by atoms with Crippen LogP contribution in [0.3, 0.4) is 0 Å². The van der Waals surface area contributed by atoms with Crippen molar-refractivity contribution in [3.8, 4) is 5.75 Å². The number of hydrogen-bond donors (Lipinski definition) is 1. The lowest BCUT2D eigenvalue weighted by atomic mass is 10.3. The normalized spacial score (nSPS) is 10.1. The molecule has 0 saturated carbocycles. The van der Waals surface area contributed by atoms with Crippen LogP contribution in [0.1, 0.15) is 0 Å². The van der Waals surface area contributed by atoms with Gasteiger partial charge in [0.2, 0.25) is 0 Å². The molecule has 0 heterocycles. The van der Waals surface area contributed by atoms with Gasteiger partial charge in [-0.2, -0.15) is 0 Å². The average Bonchev–Trinajstić information content (AvgIpc) is 2.12. The standard InChI is InChI=1S/C9H11ClFNO/c1-12-4-5-13-7-2-3-8(10)9(11)6-7/h2-3,6,12H,4-5H2,1H3. The minimum absolute atomic E-state index is 0.112. The fourth-order valence-electron chi connectivity index (χ4n) is 0.838. The van der Waals surface area contributed by atoms with Gasteiger partial charge < -0.3 is 10.1 Å². The first-order chi connectivity index (χ1) is 6.24. The van der Waals surface area contributed by atoms with Gasteiger partial charge in [-0.05, 0) is 19.2 Å². The molecule has 0 amide bonds. The Morgan fingerprint density at radius 1 is 1.54 bits per heavy atom. The molecule has 1 N–H and O–H groups in total. The Kier molecular flexibility index (Phi) is 3.99. The lowest BCUT2D eigenvalue weighted by molar-refractivity contribution is 0.317. The highest BCUT2D eigenvalue weighted by molar-refractivity contribution is 6.30. The highest BCUT2D eigenvalue weighted by Gasteiger charge is 2.00. The summed E-state index contributed by atoms with van der Waals surface area (Å²) < 4.78 is 18.1.